The predicted octanol–water partition coefficient (Wildman–Crippen LogP) is 3.34. The van der Waals surface area contributed by atoms with E-state index in [1.807, 2.05) is 19.4 Å². The van der Waals surface area contributed by atoms with Gasteiger partial charge in [0.15, 0.2) is 0 Å². The van der Waals surface area contributed by atoms with Crippen molar-refractivity contribution in [2.75, 3.05) is 7.05 Å². The average Bonchev–Trinajstić information content (AvgIpc) is 2.35. The summed E-state index contributed by atoms with van der Waals surface area (Å²) in [6.45, 7) is 6.76. The second-order valence-corrected chi connectivity index (χ2v) is 4.52. The smallest absolute Gasteiger partial charge is 0.0323 e. The van der Waals surface area contributed by atoms with Gasteiger partial charge in [0.1, 0.15) is 0 Å². The van der Waals surface area contributed by atoms with Gasteiger partial charge in [-0.3, -0.25) is 4.98 Å². The lowest BCUT2D eigenvalue weighted by atomic mass is 9.92. The molecular formula is C14H24N2. The van der Waals surface area contributed by atoms with Crippen molar-refractivity contribution >= 4 is 0 Å². The molecule has 16 heavy (non-hydrogen) atoms. The number of hydrogen-bond acceptors (Lipinski definition) is 2. The van der Waals surface area contributed by atoms with E-state index in [0.29, 0.717) is 6.04 Å². The molecule has 0 bridgehead atoms. The third kappa shape index (κ3) is 3.31. The van der Waals surface area contributed by atoms with Crippen molar-refractivity contribution in [2.24, 2.45) is 5.92 Å². The fourth-order valence-corrected chi connectivity index (χ4v) is 2.04. The summed E-state index contributed by atoms with van der Waals surface area (Å²) < 4.78 is 0. The molecule has 0 fully saturated rings. The molecule has 2 nitrogen and oxygen atoms in total. The van der Waals surface area contributed by atoms with Gasteiger partial charge in [0.25, 0.3) is 0 Å². The normalized spacial score (nSPS) is 14.8. The lowest BCUT2D eigenvalue weighted by molar-refractivity contribution is 0.420. The molecule has 1 aromatic rings. The molecule has 0 radical (unpaired) electrons. The van der Waals surface area contributed by atoms with Crippen LogP contribution in [0.2, 0.25) is 0 Å². The summed E-state index contributed by atoms with van der Waals surface area (Å²) in [4.78, 5) is 4.20. The van der Waals surface area contributed by atoms with Crippen molar-refractivity contribution in [3.8, 4) is 0 Å². The molecule has 0 aromatic carbocycles. The number of hydrogen-bond donors (Lipinski definition) is 1. The molecule has 1 aromatic heterocycles. The molecule has 2 atom stereocenters. The quantitative estimate of drug-likeness (QED) is 0.795. The number of aryl methyl sites for hydroxylation is 1. The number of aromatic nitrogens is 1. The monoisotopic (exact) mass is 220 g/mol. The topological polar surface area (TPSA) is 24.9 Å². The van der Waals surface area contributed by atoms with Gasteiger partial charge in [-0.25, -0.2) is 0 Å². The molecule has 2 heteroatoms. The number of nitrogens with zero attached hydrogens (tertiary/aromatic N) is 1. The first-order valence-electron chi connectivity index (χ1n) is 6.32. The summed E-state index contributed by atoms with van der Waals surface area (Å²) in [5, 5.41) is 3.43. The Bertz CT molecular complexity index is 309. The van der Waals surface area contributed by atoms with Crippen LogP contribution in [0.15, 0.2) is 18.5 Å². The van der Waals surface area contributed by atoms with E-state index in [2.05, 4.69) is 37.1 Å². The van der Waals surface area contributed by atoms with Crippen LogP contribution in [0, 0.1) is 5.92 Å². The van der Waals surface area contributed by atoms with Gasteiger partial charge in [-0.05, 0) is 43.0 Å². The van der Waals surface area contributed by atoms with Crippen LogP contribution >= 0.6 is 0 Å². The van der Waals surface area contributed by atoms with Gasteiger partial charge in [-0.15, -0.1) is 0 Å². The minimum atomic E-state index is 0.466. The van der Waals surface area contributed by atoms with E-state index >= 15 is 0 Å². The lowest BCUT2D eigenvalue weighted by Crippen LogP contribution is -2.20. The highest BCUT2D eigenvalue weighted by atomic mass is 14.9. The minimum absolute atomic E-state index is 0.466. The van der Waals surface area contributed by atoms with E-state index in [1.54, 1.807) is 0 Å². The Labute approximate surface area is 99.5 Å². The summed E-state index contributed by atoms with van der Waals surface area (Å²) in [5.41, 5.74) is 2.78. The van der Waals surface area contributed by atoms with Gasteiger partial charge in [-0.1, -0.05) is 27.2 Å². The molecule has 1 heterocycles. The van der Waals surface area contributed by atoms with Crippen LogP contribution in [0.25, 0.3) is 0 Å². The van der Waals surface area contributed by atoms with Crippen molar-refractivity contribution < 1.29 is 0 Å². The highest BCUT2D eigenvalue weighted by molar-refractivity contribution is 5.26. The zero-order valence-electron chi connectivity index (χ0n) is 11.0. The van der Waals surface area contributed by atoms with Crippen LogP contribution < -0.4 is 5.32 Å². The molecule has 0 aliphatic rings. The zero-order chi connectivity index (χ0) is 12.0. The van der Waals surface area contributed by atoms with Gasteiger partial charge in [0.2, 0.25) is 0 Å². The van der Waals surface area contributed by atoms with Crippen LogP contribution in [0.5, 0.6) is 0 Å². The summed E-state index contributed by atoms with van der Waals surface area (Å²) >= 11 is 0. The maximum Gasteiger partial charge on any atom is 0.0323 e. The van der Waals surface area contributed by atoms with Crippen LogP contribution in [0.4, 0.5) is 0 Å². The van der Waals surface area contributed by atoms with Gasteiger partial charge >= 0.3 is 0 Å². The van der Waals surface area contributed by atoms with Gasteiger partial charge < -0.3 is 5.32 Å². The van der Waals surface area contributed by atoms with Crippen molar-refractivity contribution in [3.05, 3.63) is 29.6 Å². The van der Waals surface area contributed by atoms with Crippen LogP contribution in [-0.4, -0.2) is 12.0 Å². The van der Waals surface area contributed by atoms with Crippen molar-refractivity contribution in [1.82, 2.24) is 10.3 Å². The average molecular weight is 220 g/mol. The first kappa shape index (κ1) is 13.2. The van der Waals surface area contributed by atoms with Crippen molar-refractivity contribution in [3.63, 3.8) is 0 Å². The fourth-order valence-electron chi connectivity index (χ4n) is 2.04. The molecule has 90 valence electrons. The first-order chi connectivity index (χ1) is 7.72. The Morgan fingerprint density at radius 2 is 2.12 bits per heavy atom. The minimum Gasteiger partial charge on any atom is -0.313 e. The molecule has 0 saturated heterocycles. The zero-order valence-corrected chi connectivity index (χ0v) is 11.0. The molecule has 0 spiro atoms. The Hall–Kier alpha value is -0.890. The lowest BCUT2D eigenvalue weighted by Gasteiger charge is -2.22. The largest absolute Gasteiger partial charge is 0.313 e. The summed E-state index contributed by atoms with van der Waals surface area (Å²) in [7, 11) is 2.05. The molecule has 0 saturated carbocycles. The Kier molecular flexibility index (Phi) is 5.47. The van der Waals surface area contributed by atoms with Gasteiger partial charge in [0.05, 0.1) is 0 Å². The maximum absolute atomic E-state index is 4.20. The Morgan fingerprint density at radius 1 is 1.38 bits per heavy atom. The second-order valence-electron chi connectivity index (χ2n) is 4.52. The molecule has 1 N–H and O–H groups in total. The summed E-state index contributed by atoms with van der Waals surface area (Å²) in [6.07, 6.45) is 7.39. The molecule has 0 amide bonds. The predicted molar refractivity (Wildman–Crippen MR) is 69.5 cm³/mol. The van der Waals surface area contributed by atoms with E-state index in [-0.39, 0.29) is 0 Å². The Balaban J connectivity index is 2.85. The van der Waals surface area contributed by atoms with Crippen molar-refractivity contribution in [2.45, 2.75) is 46.1 Å². The van der Waals surface area contributed by atoms with E-state index in [4.69, 9.17) is 0 Å². The number of rotatable bonds is 6. The molecule has 2 unspecified atom stereocenters. The number of pyridine rings is 1. The molecule has 0 aliphatic heterocycles. The first-order valence-corrected chi connectivity index (χ1v) is 6.32. The van der Waals surface area contributed by atoms with Crippen LogP contribution in [-0.2, 0) is 6.42 Å². The van der Waals surface area contributed by atoms with Gasteiger partial charge in [-0.2, -0.15) is 0 Å². The fraction of sp³-hybridized carbons (Fsp3) is 0.643. The molecule has 0 aliphatic carbocycles. The standard InChI is InChI=1S/C14H24N2/c1-5-11(3)9-14(15-4)13-7-8-16-10-12(13)6-2/h7-8,10-11,14-15H,5-6,9H2,1-4H3. The Morgan fingerprint density at radius 3 is 2.69 bits per heavy atom. The van der Waals surface area contributed by atoms with E-state index < -0.39 is 0 Å². The number of nitrogens with one attached hydrogen (secondary N) is 1. The summed E-state index contributed by atoms with van der Waals surface area (Å²) in [5.74, 6) is 0.760. The molecular weight excluding hydrogens is 196 g/mol. The van der Waals surface area contributed by atoms with Crippen LogP contribution in [0.1, 0.15) is 50.8 Å². The molecule has 1 rings (SSSR count). The third-order valence-corrected chi connectivity index (χ3v) is 3.38. The highest BCUT2D eigenvalue weighted by Gasteiger charge is 2.15. The summed E-state index contributed by atoms with van der Waals surface area (Å²) in [6, 6.07) is 2.62. The van der Waals surface area contributed by atoms with Gasteiger partial charge in [0, 0.05) is 18.4 Å². The highest BCUT2D eigenvalue weighted by Crippen LogP contribution is 2.25. The van der Waals surface area contributed by atoms with Crippen molar-refractivity contribution in [1.29, 1.82) is 0 Å². The SMILES string of the molecule is CCc1cnccc1C(CC(C)CC)NC. The third-order valence-electron chi connectivity index (χ3n) is 3.38. The van der Waals surface area contributed by atoms with Crippen LogP contribution in [0.3, 0.4) is 0 Å². The van der Waals surface area contributed by atoms with E-state index in [1.165, 1.54) is 24.0 Å². The van der Waals surface area contributed by atoms with E-state index in [9.17, 15) is 0 Å². The van der Waals surface area contributed by atoms with E-state index in [0.717, 1.165) is 12.3 Å². The maximum atomic E-state index is 4.20. The second kappa shape index (κ2) is 6.64.